The van der Waals surface area contributed by atoms with Crippen molar-refractivity contribution in [3.8, 4) is 11.5 Å². The SMILES string of the molecule is COc1cc(C=NN)cc([N+](=O)[O-])c1O. The lowest BCUT2D eigenvalue weighted by molar-refractivity contribution is -0.386. The van der Waals surface area contributed by atoms with Crippen LogP contribution in [0, 0.1) is 10.1 Å². The predicted octanol–water partition coefficient (Wildman–Crippen LogP) is 0.602. The van der Waals surface area contributed by atoms with Crippen LogP contribution in [-0.4, -0.2) is 23.4 Å². The highest BCUT2D eigenvalue weighted by Gasteiger charge is 2.19. The average Bonchev–Trinajstić information content (AvgIpc) is 2.20. The molecular formula is C8H9N3O4. The van der Waals surface area contributed by atoms with Gasteiger partial charge in [-0.3, -0.25) is 10.1 Å². The van der Waals surface area contributed by atoms with Crippen LogP contribution in [-0.2, 0) is 0 Å². The Bertz CT molecular complexity index is 417. The van der Waals surface area contributed by atoms with E-state index in [1.807, 2.05) is 0 Å². The van der Waals surface area contributed by atoms with Crippen LogP contribution in [0.4, 0.5) is 5.69 Å². The van der Waals surface area contributed by atoms with E-state index in [9.17, 15) is 15.2 Å². The minimum atomic E-state index is -0.717. The summed E-state index contributed by atoms with van der Waals surface area (Å²) in [5.74, 6) is 4.39. The second-order valence-corrected chi connectivity index (χ2v) is 2.63. The molecule has 80 valence electrons. The maximum absolute atomic E-state index is 10.6. The van der Waals surface area contributed by atoms with E-state index >= 15 is 0 Å². The molecule has 0 saturated carbocycles. The molecule has 0 aliphatic heterocycles. The number of nitro groups is 1. The van der Waals surface area contributed by atoms with Crippen LogP contribution in [0.1, 0.15) is 5.56 Å². The largest absolute Gasteiger partial charge is 0.500 e. The van der Waals surface area contributed by atoms with E-state index in [1.165, 1.54) is 19.4 Å². The van der Waals surface area contributed by atoms with Crippen molar-refractivity contribution < 1.29 is 14.8 Å². The lowest BCUT2D eigenvalue weighted by atomic mass is 10.2. The van der Waals surface area contributed by atoms with Crippen LogP contribution in [0.5, 0.6) is 11.5 Å². The van der Waals surface area contributed by atoms with Gasteiger partial charge in [0.2, 0.25) is 5.75 Å². The lowest BCUT2D eigenvalue weighted by Gasteiger charge is -2.04. The summed E-state index contributed by atoms with van der Waals surface area (Å²) in [4.78, 5) is 9.84. The van der Waals surface area contributed by atoms with E-state index in [-0.39, 0.29) is 5.75 Å². The lowest BCUT2D eigenvalue weighted by Crippen LogP contribution is -1.95. The first-order valence-corrected chi connectivity index (χ1v) is 3.88. The molecular weight excluding hydrogens is 202 g/mol. The summed E-state index contributed by atoms with van der Waals surface area (Å²) in [5.41, 5.74) is -0.0805. The smallest absolute Gasteiger partial charge is 0.315 e. The van der Waals surface area contributed by atoms with E-state index in [2.05, 4.69) is 5.10 Å². The molecule has 0 aromatic heterocycles. The predicted molar refractivity (Wildman–Crippen MR) is 53.1 cm³/mol. The first-order valence-electron chi connectivity index (χ1n) is 3.88. The second-order valence-electron chi connectivity index (χ2n) is 2.63. The molecule has 0 heterocycles. The molecule has 0 aliphatic rings. The van der Waals surface area contributed by atoms with E-state index < -0.39 is 16.4 Å². The van der Waals surface area contributed by atoms with Gasteiger partial charge in [-0.2, -0.15) is 5.10 Å². The Labute approximate surface area is 84.9 Å². The molecule has 0 atom stereocenters. The van der Waals surface area contributed by atoms with Crippen molar-refractivity contribution in [1.29, 1.82) is 0 Å². The highest BCUT2D eigenvalue weighted by atomic mass is 16.6. The Kier molecular flexibility index (Phi) is 3.06. The Hall–Kier alpha value is -2.31. The van der Waals surface area contributed by atoms with Crippen molar-refractivity contribution >= 4 is 11.9 Å². The van der Waals surface area contributed by atoms with E-state index in [4.69, 9.17) is 10.6 Å². The summed E-state index contributed by atoms with van der Waals surface area (Å²) in [6.07, 6.45) is 1.22. The molecule has 0 fully saturated rings. The van der Waals surface area contributed by atoms with Crippen LogP contribution in [0.2, 0.25) is 0 Å². The molecule has 7 nitrogen and oxygen atoms in total. The van der Waals surface area contributed by atoms with Gasteiger partial charge in [0.1, 0.15) is 0 Å². The molecule has 0 saturated heterocycles. The first-order chi connectivity index (χ1) is 7.10. The fourth-order valence-electron chi connectivity index (χ4n) is 1.07. The van der Waals surface area contributed by atoms with Crippen LogP contribution in [0.15, 0.2) is 17.2 Å². The van der Waals surface area contributed by atoms with E-state index in [0.29, 0.717) is 5.56 Å². The van der Waals surface area contributed by atoms with Crippen LogP contribution in [0.3, 0.4) is 0 Å². The monoisotopic (exact) mass is 211 g/mol. The average molecular weight is 211 g/mol. The number of hydrazone groups is 1. The van der Waals surface area contributed by atoms with Gasteiger partial charge < -0.3 is 15.7 Å². The Morgan fingerprint density at radius 2 is 2.33 bits per heavy atom. The molecule has 1 aromatic rings. The van der Waals surface area contributed by atoms with Gasteiger partial charge in [-0.25, -0.2) is 0 Å². The molecule has 0 aliphatic carbocycles. The molecule has 1 aromatic carbocycles. The highest BCUT2D eigenvalue weighted by Crippen LogP contribution is 2.36. The molecule has 0 unspecified atom stereocenters. The van der Waals surface area contributed by atoms with Gasteiger partial charge in [0.05, 0.1) is 18.2 Å². The normalized spacial score (nSPS) is 10.5. The summed E-state index contributed by atoms with van der Waals surface area (Å²) in [5, 5.41) is 23.2. The second kappa shape index (κ2) is 4.27. The number of phenolic OH excluding ortho intramolecular Hbond substituents is 1. The number of rotatable bonds is 3. The maximum Gasteiger partial charge on any atom is 0.315 e. The molecule has 15 heavy (non-hydrogen) atoms. The van der Waals surface area contributed by atoms with Gasteiger partial charge in [-0.15, -0.1) is 0 Å². The number of aromatic hydroxyl groups is 1. The summed E-state index contributed by atoms with van der Waals surface area (Å²) in [6.45, 7) is 0. The minimum Gasteiger partial charge on any atom is -0.500 e. The third kappa shape index (κ3) is 2.13. The Balaban J connectivity index is 3.38. The molecule has 3 N–H and O–H groups in total. The number of hydrogen-bond acceptors (Lipinski definition) is 6. The number of nitrogens with two attached hydrogens (primary N) is 1. The van der Waals surface area contributed by atoms with Crippen molar-refractivity contribution in [2.45, 2.75) is 0 Å². The third-order valence-electron chi connectivity index (χ3n) is 1.72. The number of nitrogens with zero attached hydrogens (tertiary/aromatic N) is 2. The van der Waals surface area contributed by atoms with Crippen LogP contribution < -0.4 is 10.6 Å². The van der Waals surface area contributed by atoms with Gasteiger partial charge in [0.25, 0.3) is 0 Å². The van der Waals surface area contributed by atoms with Crippen molar-refractivity contribution in [3.05, 3.63) is 27.8 Å². The van der Waals surface area contributed by atoms with Crippen molar-refractivity contribution in [2.75, 3.05) is 7.11 Å². The number of phenols is 1. The molecule has 7 heteroatoms. The molecule has 0 radical (unpaired) electrons. The topological polar surface area (TPSA) is 111 Å². The first kappa shape index (κ1) is 10.8. The number of benzene rings is 1. The van der Waals surface area contributed by atoms with Gasteiger partial charge in [-0.1, -0.05) is 0 Å². The van der Waals surface area contributed by atoms with Gasteiger partial charge in [0.15, 0.2) is 5.75 Å². The van der Waals surface area contributed by atoms with E-state index in [1.54, 1.807) is 0 Å². The van der Waals surface area contributed by atoms with Crippen LogP contribution in [0.25, 0.3) is 0 Å². The maximum atomic E-state index is 10.6. The summed E-state index contributed by atoms with van der Waals surface area (Å²) in [6, 6.07) is 2.53. The standard InChI is InChI=1S/C8H9N3O4/c1-15-7-3-5(4-10-9)2-6(8(7)12)11(13)14/h2-4,12H,9H2,1H3. The van der Waals surface area contributed by atoms with Gasteiger partial charge in [0, 0.05) is 11.6 Å². The zero-order valence-corrected chi connectivity index (χ0v) is 7.88. The number of methoxy groups -OCH3 is 1. The van der Waals surface area contributed by atoms with Crippen LogP contribution >= 0.6 is 0 Å². The Morgan fingerprint density at radius 3 is 2.80 bits per heavy atom. The fraction of sp³-hybridized carbons (Fsp3) is 0.125. The van der Waals surface area contributed by atoms with Gasteiger partial charge >= 0.3 is 5.69 Å². The molecule has 1 rings (SSSR count). The summed E-state index contributed by atoms with van der Waals surface area (Å²) < 4.78 is 4.77. The van der Waals surface area contributed by atoms with E-state index in [0.717, 1.165) is 6.07 Å². The van der Waals surface area contributed by atoms with Crippen molar-refractivity contribution in [2.24, 2.45) is 10.9 Å². The number of nitro benzene ring substituents is 1. The Morgan fingerprint density at radius 1 is 1.67 bits per heavy atom. The fourth-order valence-corrected chi connectivity index (χ4v) is 1.07. The number of ether oxygens (including phenoxy) is 1. The minimum absolute atomic E-state index is 0.000833. The highest BCUT2D eigenvalue weighted by molar-refractivity contribution is 5.82. The molecule has 0 spiro atoms. The number of hydrogen-bond donors (Lipinski definition) is 2. The van der Waals surface area contributed by atoms with Gasteiger partial charge in [-0.05, 0) is 6.07 Å². The van der Waals surface area contributed by atoms with Crippen molar-refractivity contribution in [1.82, 2.24) is 0 Å². The molecule has 0 amide bonds. The third-order valence-corrected chi connectivity index (χ3v) is 1.72. The van der Waals surface area contributed by atoms with Crippen molar-refractivity contribution in [3.63, 3.8) is 0 Å². The zero-order valence-electron chi connectivity index (χ0n) is 7.88. The quantitative estimate of drug-likeness (QED) is 0.329. The summed E-state index contributed by atoms with van der Waals surface area (Å²) in [7, 11) is 1.29. The zero-order chi connectivity index (χ0) is 11.4. The molecule has 0 bridgehead atoms. The summed E-state index contributed by atoms with van der Waals surface area (Å²) >= 11 is 0.